The Bertz CT molecular complexity index is 1030. The van der Waals surface area contributed by atoms with Gasteiger partial charge in [-0.15, -0.1) is 0 Å². The number of thioether (sulfide) groups is 1. The second-order valence-electron chi connectivity index (χ2n) is 6.83. The molecule has 6 nitrogen and oxygen atoms in total. The molecule has 1 heterocycles. The minimum absolute atomic E-state index is 0.183. The van der Waals surface area contributed by atoms with Gasteiger partial charge in [0, 0.05) is 6.08 Å². The van der Waals surface area contributed by atoms with Gasteiger partial charge in [-0.1, -0.05) is 30.9 Å². The number of amides is 1. The summed E-state index contributed by atoms with van der Waals surface area (Å²) < 4.78 is 10.9. The summed E-state index contributed by atoms with van der Waals surface area (Å²) in [7, 11) is 1.58. The molecule has 7 heteroatoms. The average Bonchev–Trinajstić information content (AvgIpc) is 3.23. The van der Waals surface area contributed by atoms with Crippen molar-refractivity contribution in [1.82, 2.24) is 15.3 Å². The van der Waals surface area contributed by atoms with Gasteiger partial charge in [-0.05, 0) is 54.3 Å². The zero-order valence-electron chi connectivity index (χ0n) is 17.8. The van der Waals surface area contributed by atoms with E-state index in [2.05, 4.69) is 21.9 Å². The predicted octanol–water partition coefficient (Wildman–Crippen LogP) is 4.76. The number of H-pyrrole nitrogens is 1. The third-order valence-electron chi connectivity index (χ3n) is 4.64. The first-order valence-electron chi connectivity index (χ1n) is 9.98. The predicted molar refractivity (Wildman–Crippen MR) is 128 cm³/mol. The van der Waals surface area contributed by atoms with Crippen molar-refractivity contribution in [3.05, 3.63) is 72.6 Å². The van der Waals surface area contributed by atoms with Crippen LogP contribution in [0.4, 0.5) is 0 Å². The van der Waals surface area contributed by atoms with Crippen LogP contribution in [0.5, 0.6) is 11.5 Å². The van der Waals surface area contributed by atoms with Gasteiger partial charge < -0.3 is 19.8 Å². The van der Waals surface area contributed by atoms with Crippen LogP contribution in [0.1, 0.15) is 23.9 Å². The Morgan fingerprint density at radius 2 is 2.13 bits per heavy atom. The highest BCUT2D eigenvalue weighted by molar-refractivity contribution is 7.98. The van der Waals surface area contributed by atoms with Crippen LogP contribution in [0.2, 0.25) is 0 Å². The normalized spacial score (nSPS) is 12.1. The van der Waals surface area contributed by atoms with E-state index in [0.29, 0.717) is 18.1 Å². The molecular weight excluding hydrogens is 410 g/mol. The maximum absolute atomic E-state index is 12.6. The quantitative estimate of drug-likeness (QED) is 0.334. The van der Waals surface area contributed by atoms with Crippen molar-refractivity contribution < 1.29 is 14.3 Å². The molecule has 1 aromatic heterocycles. The molecule has 0 bridgehead atoms. The van der Waals surface area contributed by atoms with E-state index in [1.807, 2.05) is 48.7 Å². The van der Waals surface area contributed by atoms with Gasteiger partial charge in [-0.3, -0.25) is 4.79 Å². The fourth-order valence-electron chi connectivity index (χ4n) is 3.10. The molecule has 0 saturated heterocycles. The number of imidazole rings is 1. The number of hydrogen-bond acceptors (Lipinski definition) is 5. The minimum Gasteiger partial charge on any atom is -0.493 e. The van der Waals surface area contributed by atoms with Gasteiger partial charge >= 0.3 is 0 Å². The number of rotatable bonds is 11. The number of aromatic nitrogens is 2. The monoisotopic (exact) mass is 437 g/mol. The van der Waals surface area contributed by atoms with Crippen LogP contribution in [0, 0.1) is 0 Å². The number of fused-ring (bicyclic) bond motifs is 1. The average molecular weight is 438 g/mol. The zero-order valence-corrected chi connectivity index (χ0v) is 18.6. The molecule has 0 aliphatic heterocycles. The Hall–Kier alpha value is -3.19. The molecule has 3 aromatic rings. The summed E-state index contributed by atoms with van der Waals surface area (Å²) >= 11 is 1.74. The Kier molecular flexibility index (Phi) is 8.18. The van der Waals surface area contributed by atoms with E-state index in [9.17, 15) is 4.79 Å². The minimum atomic E-state index is -0.193. The van der Waals surface area contributed by atoms with Crippen molar-refractivity contribution in [3.8, 4) is 11.5 Å². The van der Waals surface area contributed by atoms with Gasteiger partial charge in [-0.2, -0.15) is 11.8 Å². The standard InChI is InChI=1S/C24H27N3O3S/c1-4-14-30-21-11-9-17(16-22(21)29-2)10-12-23(28)25-20(13-15-31-3)24-26-18-7-5-6-8-19(18)27-24/h4-12,16,20H,1,13-15H2,2-3H3,(H,25,28)(H,26,27). The van der Waals surface area contributed by atoms with Gasteiger partial charge in [0.2, 0.25) is 5.91 Å². The summed E-state index contributed by atoms with van der Waals surface area (Å²) in [6, 6.07) is 13.2. The maximum Gasteiger partial charge on any atom is 0.244 e. The van der Waals surface area contributed by atoms with Crippen molar-refractivity contribution in [1.29, 1.82) is 0 Å². The van der Waals surface area contributed by atoms with Crippen molar-refractivity contribution >= 4 is 34.8 Å². The van der Waals surface area contributed by atoms with Crippen molar-refractivity contribution in [3.63, 3.8) is 0 Å². The summed E-state index contributed by atoms with van der Waals surface area (Å²) in [5.74, 6) is 2.73. The van der Waals surface area contributed by atoms with Crippen LogP contribution in [0.15, 0.2) is 61.2 Å². The summed E-state index contributed by atoms with van der Waals surface area (Å²) in [5.41, 5.74) is 2.69. The number of carbonyl (C=O) groups excluding carboxylic acids is 1. The van der Waals surface area contributed by atoms with Crippen molar-refractivity contribution in [2.75, 3.05) is 25.7 Å². The summed E-state index contributed by atoms with van der Waals surface area (Å²) in [5, 5.41) is 3.07. The molecule has 0 radical (unpaired) electrons. The molecule has 0 spiro atoms. The lowest BCUT2D eigenvalue weighted by atomic mass is 10.1. The summed E-state index contributed by atoms with van der Waals surface area (Å²) in [6.07, 6.45) is 7.78. The van der Waals surface area contributed by atoms with Crippen LogP contribution in [0.3, 0.4) is 0 Å². The van der Waals surface area contributed by atoms with E-state index in [1.165, 1.54) is 6.08 Å². The molecule has 162 valence electrons. The summed E-state index contributed by atoms with van der Waals surface area (Å²) in [6.45, 7) is 4.04. The highest BCUT2D eigenvalue weighted by atomic mass is 32.2. The number of benzene rings is 2. The highest BCUT2D eigenvalue weighted by Crippen LogP contribution is 2.28. The molecule has 1 amide bonds. The van der Waals surface area contributed by atoms with E-state index < -0.39 is 0 Å². The number of para-hydroxylation sites is 2. The lowest BCUT2D eigenvalue weighted by molar-refractivity contribution is -0.117. The van der Waals surface area contributed by atoms with E-state index in [0.717, 1.165) is 34.6 Å². The SMILES string of the molecule is C=CCOc1ccc(C=CC(=O)NC(CCSC)c2nc3ccccc3[nH]2)cc1OC. The number of aromatic amines is 1. The molecule has 0 aliphatic rings. The molecule has 0 aliphatic carbocycles. The largest absolute Gasteiger partial charge is 0.493 e. The number of nitrogens with one attached hydrogen (secondary N) is 2. The third-order valence-corrected chi connectivity index (χ3v) is 5.28. The fraction of sp³-hybridized carbons (Fsp3) is 0.250. The number of methoxy groups -OCH3 is 1. The smallest absolute Gasteiger partial charge is 0.244 e. The van der Waals surface area contributed by atoms with E-state index in [-0.39, 0.29) is 11.9 Å². The van der Waals surface area contributed by atoms with Crippen LogP contribution in [0.25, 0.3) is 17.1 Å². The molecule has 3 rings (SSSR count). The van der Waals surface area contributed by atoms with E-state index in [4.69, 9.17) is 9.47 Å². The molecule has 1 atom stereocenters. The number of ether oxygens (including phenoxy) is 2. The number of hydrogen-bond donors (Lipinski definition) is 2. The molecule has 0 fully saturated rings. The van der Waals surface area contributed by atoms with Gasteiger partial charge in [-0.25, -0.2) is 4.98 Å². The summed E-state index contributed by atoms with van der Waals surface area (Å²) in [4.78, 5) is 20.6. The van der Waals surface area contributed by atoms with Gasteiger partial charge in [0.25, 0.3) is 0 Å². The lowest BCUT2D eigenvalue weighted by Gasteiger charge is -2.15. The second-order valence-corrected chi connectivity index (χ2v) is 7.81. The van der Waals surface area contributed by atoms with Crippen LogP contribution >= 0.6 is 11.8 Å². The van der Waals surface area contributed by atoms with Crippen molar-refractivity contribution in [2.24, 2.45) is 0 Å². The van der Waals surface area contributed by atoms with Gasteiger partial charge in [0.1, 0.15) is 12.4 Å². The van der Waals surface area contributed by atoms with Crippen LogP contribution in [-0.4, -0.2) is 41.6 Å². The third kappa shape index (κ3) is 6.15. The molecular formula is C24H27N3O3S. The molecule has 2 N–H and O–H groups in total. The maximum atomic E-state index is 12.6. The van der Waals surface area contributed by atoms with Gasteiger partial charge in [0.05, 0.1) is 24.2 Å². The molecule has 0 saturated carbocycles. The first-order valence-corrected chi connectivity index (χ1v) is 11.4. The fourth-order valence-corrected chi connectivity index (χ4v) is 3.57. The Morgan fingerprint density at radius 3 is 2.87 bits per heavy atom. The van der Waals surface area contributed by atoms with Crippen LogP contribution in [-0.2, 0) is 4.79 Å². The zero-order chi connectivity index (χ0) is 22.1. The first-order chi connectivity index (χ1) is 15.1. The molecule has 1 unspecified atom stereocenters. The van der Waals surface area contributed by atoms with Crippen molar-refractivity contribution in [2.45, 2.75) is 12.5 Å². The number of carbonyl (C=O) groups is 1. The Balaban J connectivity index is 1.71. The van der Waals surface area contributed by atoms with Gasteiger partial charge in [0.15, 0.2) is 11.5 Å². The number of nitrogens with zero attached hydrogens (tertiary/aromatic N) is 1. The lowest BCUT2D eigenvalue weighted by Crippen LogP contribution is -2.28. The Labute approximate surface area is 186 Å². The highest BCUT2D eigenvalue weighted by Gasteiger charge is 2.17. The van der Waals surface area contributed by atoms with E-state index in [1.54, 1.807) is 31.0 Å². The molecule has 2 aromatic carbocycles. The second kappa shape index (κ2) is 11.3. The topological polar surface area (TPSA) is 76.2 Å². The van der Waals surface area contributed by atoms with E-state index >= 15 is 0 Å². The molecule has 31 heavy (non-hydrogen) atoms. The Morgan fingerprint density at radius 1 is 1.29 bits per heavy atom. The first kappa shape index (κ1) is 22.5. The van der Waals surface area contributed by atoms with Crippen LogP contribution < -0.4 is 14.8 Å².